The number of halogens is 4. The average molecular weight is 473 g/mol. The molecule has 6 atom stereocenters. The van der Waals surface area contributed by atoms with Gasteiger partial charge in [0.15, 0.2) is 5.71 Å². The molecule has 0 radical (unpaired) electrons. The molecule has 1 saturated heterocycles. The number of pyridine rings is 1. The minimum atomic E-state index is -4.58. The predicted octanol–water partition coefficient (Wildman–Crippen LogP) is 1.87. The number of carboxylic acids is 1. The van der Waals surface area contributed by atoms with Gasteiger partial charge in [0.1, 0.15) is 11.9 Å². The van der Waals surface area contributed by atoms with Crippen LogP contribution in [0.5, 0.6) is 0 Å². The minimum Gasteiger partial charge on any atom is -0.477 e. The highest BCUT2D eigenvalue weighted by Gasteiger charge is 2.70. The van der Waals surface area contributed by atoms with Gasteiger partial charge < -0.3 is 15.3 Å². The number of fused-ring (bicyclic) bond motifs is 8. The first-order valence-electron chi connectivity index (χ1n) is 9.88. The molecule has 9 nitrogen and oxygen atoms in total. The molecule has 5 rings (SSSR count). The van der Waals surface area contributed by atoms with Crippen molar-refractivity contribution in [1.82, 2.24) is 9.88 Å². The summed E-state index contributed by atoms with van der Waals surface area (Å²) in [5, 5.41) is 15.5. The largest absolute Gasteiger partial charge is 0.477 e. The van der Waals surface area contributed by atoms with E-state index in [-0.39, 0.29) is 53.3 Å². The van der Waals surface area contributed by atoms with Crippen LogP contribution in [0.15, 0.2) is 17.4 Å². The zero-order valence-electron chi connectivity index (χ0n) is 16.2. The van der Waals surface area contributed by atoms with Gasteiger partial charge in [0.25, 0.3) is 0 Å². The van der Waals surface area contributed by atoms with E-state index in [2.05, 4.69) is 15.5 Å². The molecule has 0 aromatic carbocycles. The van der Waals surface area contributed by atoms with Gasteiger partial charge in [-0.05, 0) is 18.4 Å². The molecule has 4 aliphatic rings. The van der Waals surface area contributed by atoms with Crippen LogP contribution in [0, 0.1) is 29.6 Å². The Morgan fingerprint density at radius 1 is 1.25 bits per heavy atom. The number of nitrogens with one attached hydrogen (secondary N) is 1. The Morgan fingerprint density at radius 3 is 2.56 bits per heavy atom. The Balaban J connectivity index is 1.26. The van der Waals surface area contributed by atoms with E-state index in [1.807, 2.05) is 0 Å². The van der Waals surface area contributed by atoms with Crippen molar-refractivity contribution in [2.45, 2.75) is 18.7 Å². The van der Waals surface area contributed by atoms with Crippen molar-refractivity contribution in [3.63, 3.8) is 0 Å². The van der Waals surface area contributed by atoms with Crippen molar-refractivity contribution in [1.29, 1.82) is 0 Å². The molecule has 2 amide bonds. The van der Waals surface area contributed by atoms with E-state index in [1.54, 1.807) is 0 Å². The van der Waals surface area contributed by atoms with Gasteiger partial charge in [0.05, 0.1) is 28.3 Å². The van der Waals surface area contributed by atoms with Gasteiger partial charge in [0, 0.05) is 25.2 Å². The Labute approximate surface area is 183 Å². The molecule has 32 heavy (non-hydrogen) atoms. The number of likely N-dealkylation sites (tertiary alicyclic amines) is 1. The Hall–Kier alpha value is -2.89. The number of carbonyl (C=O) groups excluding carboxylic acids is 2. The smallest absolute Gasteiger partial charge is 0.417 e. The molecule has 2 N–H and O–H groups in total. The number of aromatic nitrogens is 1. The second kappa shape index (κ2) is 7.06. The number of aliphatic carboxylic acids is 1. The number of amides is 2. The molecule has 0 unspecified atom stereocenters. The van der Waals surface area contributed by atoms with E-state index in [4.69, 9.17) is 16.4 Å². The fraction of sp³-hybridized carbons (Fsp3) is 0.526. The van der Waals surface area contributed by atoms with Gasteiger partial charge in [0.2, 0.25) is 11.8 Å². The number of hydrogen-bond donors (Lipinski definition) is 2. The molecule has 1 aromatic heterocycles. The fourth-order valence-electron chi connectivity index (χ4n) is 5.59. The average Bonchev–Trinajstić information content (AvgIpc) is 3.44. The third-order valence-electron chi connectivity index (χ3n) is 6.80. The van der Waals surface area contributed by atoms with Crippen LogP contribution in [0.2, 0.25) is 5.02 Å². The highest BCUT2D eigenvalue weighted by atomic mass is 35.5. The monoisotopic (exact) mass is 472 g/mol. The first-order chi connectivity index (χ1) is 15.1. The summed E-state index contributed by atoms with van der Waals surface area (Å²) >= 11 is 5.86. The van der Waals surface area contributed by atoms with Gasteiger partial charge in [-0.1, -0.05) is 16.8 Å². The van der Waals surface area contributed by atoms with E-state index in [9.17, 15) is 32.7 Å². The maximum atomic E-state index is 13.0. The molecule has 2 aliphatic carbocycles. The zero-order chi connectivity index (χ0) is 22.9. The summed E-state index contributed by atoms with van der Waals surface area (Å²) in [6, 6.07) is 0.742. The lowest BCUT2D eigenvalue weighted by Gasteiger charge is -2.29. The van der Waals surface area contributed by atoms with Gasteiger partial charge in [-0.25, -0.2) is 9.78 Å². The molecule has 2 aliphatic heterocycles. The number of anilines is 1. The molecule has 13 heteroatoms. The Bertz CT molecular complexity index is 1060. The number of rotatable bonds is 5. The summed E-state index contributed by atoms with van der Waals surface area (Å²) in [6.45, 7) is 0.00867. The molecule has 170 valence electrons. The summed E-state index contributed by atoms with van der Waals surface area (Å²) in [6.07, 6.45) is -3.92. The van der Waals surface area contributed by atoms with Crippen molar-refractivity contribution >= 4 is 40.9 Å². The van der Waals surface area contributed by atoms with Crippen LogP contribution in [0.3, 0.4) is 0 Å². The standard InChI is InChI=1S/C19H16ClF3N4O5/c20-9-3-6(19(21,22)23)5-25-15(9)24-1-2-27-16(28)10-7-4-8(11(10)17(27)29)14-12(7)13(18(30)31)26-32-14/h3,5,7-8,10-12,14H,1-2,4H2,(H,24,25)(H,30,31)/t7-,8+,10-,11+,12-,14-/m1/s1. The van der Waals surface area contributed by atoms with Crippen LogP contribution in [-0.2, 0) is 25.4 Å². The summed E-state index contributed by atoms with van der Waals surface area (Å²) in [5.41, 5.74) is -1.09. The van der Waals surface area contributed by atoms with Crippen molar-refractivity contribution in [2.24, 2.45) is 34.7 Å². The van der Waals surface area contributed by atoms with Gasteiger partial charge in [-0.15, -0.1) is 0 Å². The maximum absolute atomic E-state index is 13.0. The van der Waals surface area contributed by atoms with E-state index >= 15 is 0 Å². The van der Waals surface area contributed by atoms with Crippen molar-refractivity contribution in [3.8, 4) is 0 Å². The number of carbonyl (C=O) groups is 3. The number of oxime groups is 1. The molecule has 2 bridgehead atoms. The molecule has 2 saturated carbocycles. The van der Waals surface area contributed by atoms with Crippen LogP contribution in [0.4, 0.5) is 19.0 Å². The van der Waals surface area contributed by atoms with E-state index in [1.165, 1.54) is 0 Å². The zero-order valence-corrected chi connectivity index (χ0v) is 16.9. The topological polar surface area (TPSA) is 121 Å². The van der Waals surface area contributed by atoms with Crippen LogP contribution >= 0.6 is 11.6 Å². The molecular weight excluding hydrogens is 457 g/mol. The van der Waals surface area contributed by atoms with Gasteiger partial charge in [-0.2, -0.15) is 13.2 Å². The molecule has 3 fully saturated rings. The molecule has 1 aromatic rings. The quantitative estimate of drug-likeness (QED) is 0.627. The third kappa shape index (κ3) is 2.95. The lowest BCUT2D eigenvalue weighted by molar-refractivity contribution is -0.141. The number of nitrogens with zero attached hydrogens (tertiary/aromatic N) is 3. The number of imide groups is 1. The number of hydrogen-bond acceptors (Lipinski definition) is 7. The van der Waals surface area contributed by atoms with Crippen molar-refractivity contribution in [3.05, 3.63) is 22.8 Å². The lowest BCUT2D eigenvalue weighted by atomic mass is 9.72. The SMILES string of the molecule is O=C(O)C1=NO[C@@H]2[C@H]3C[C@H]([C@H]4C(=O)N(CCNc5ncc(C(F)(F)F)cc5Cl)C(=O)[C@@H]34)[C@H]12. The predicted molar refractivity (Wildman–Crippen MR) is 101 cm³/mol. The van der Waals surface area contributed by atoms with Crippen molar-refractivity contribution < 1.29 is 37.5 Å². The van der Waals surface area contributed by atoms with E-state index < -0.39 is 41.6 Å². The first-order valence-corrected chi connectivity index (χ1v) is 10.3. The van der Waals surface area contributed by atoms with E-state index in [0.717, 1.165) is 11.0 Å². The molecule has 3 heterocycles. The second-order valence-corrected chi connectivity index (χ2v) is 8.71. The van der Waals surface area contributed by atoms with Crippen LogP contribution in [-0.4, -0.2) is 57.7 Å². The summed E-state index contributed by atoms with van der Waals surface area (Å²) in [4.78, 5) is 47.5. The van der Waals surface area contributed by atoms with Crippen LogP contribution < -0.4 is 5.32 Å². The van der Waals surface area contributed by atoms with Gasteiger partial charge >= 0.3 is 12.1 Å². The fourth-order valence-corrected chi connectivity index (χ4v) is 5.83. The maximum Gasteiger partial charge on any atom is 0.417 e. The third-order valence-corrected chi connectivity index (χ3v) is 7.09. The highest BCUT2D eigenvalue weighted by molar-refractivity contribution is 6.37. The van der Waals surface area contributed by atoms with Crippen LogP contribution in [0.25, 0.3) is 0 Å². The molecular formula is C19H16ClF3N4O5. The lowest BCUT2D eigenvalue weighted by Crippen LogP contribution is -2.42. The summed E-state index contributed by atoms with van der Waals surface area (Å²) in [7, 11) is 0. The number of carboxylic acid groups (broad SMARTS) is 1. The molecule has 0 spiro atoms. The van der Waals surface area contributed by atoms with Crippen LogP contribution in [0.1, 0.15) is 12.0 Å². The first kappa shape index (κ1) is 21.0. The summed E-state index contributed by atoms with van der Waals surface area (Å²) in [5.74, 6) is -4.24. The van der Waals surface area contributed by atoms with E-state index in [0.29, 0.717) is 12.6 Å². The van der Waals surface area contributed by atoms with Crippen molar-refractivity contribution in [2.75, 3.05) is 18.4 Å². The second-order valence-electron chi connectivity index (χ2n) is 8.30. The van der Waals surface area contributed by atoms with Gasteiger partial charge in [-0.3, -0.25) is 14.5 Å². The highest BCUT2D eigenvalue weighted by Crippen LogP contribution is 2.61. The number of alkyl halides is 3. The Morgan fingerprint density at radius 2 is 1.94 bits per heavy atom. The Kier molecular flexibility index (Phi) is 4.63. The summed E-state index contributed by atoms with van der Waals surface area (Å²) < 4.78 is 38.2. The normalized spacial score (nSPS) is 32.6. The minimum absolute atomic E-state index is 0.00395.